The van der Waals surface area contributed by atoms with E-state index in [4.69, 9.17) is 5.11 Å². The van der Waals surface area contributed by atoms with E-state index in [-0.39, 0.29) is 41.1 Å². The van der Waals surface area contributed by atoms with E-state index < -0.39 is 11.8 Å². The maximum absolute atomic E-state index is 12.5. The van der Waals surface area contributed by atoms with E-state index in [1.807, 2.05) is 0 Å². The molecule has 2 aromatic rings. The van der Waals surface area contributed by atoms with Crippen molar-refractivity contribution < 1.29 is 24.6 Å². The quantitative estimate of drug-likeness (QED) is 0.773. The van der Waals surface area contributed by atoms with Gasteiger partial charge in [0.15, 0.2) is 11.6 Å². The number of rotatable bonds is 3. The van der Waals surface area contributed by atoms with Crippen molar-refractivity contribution in [2.24, 2.45) is 0 Å². The van der Waals surface area contributed by atoms with E-state index in [1.54, 1.807) is 24.3 Å². The number of aromatic hydroxyl groups is 1. The van der Waals surface area contributed by atoms with Crippen LogP contribution in [0.1, 0.15) is 43.8 Å². The second-order valence-electron chi connectivity index (χ2n) is 5.09. The Labute approximate surface area is 125 Å². The summed E-state index contributed by atoms with van der Waals surface area (Å²) < 4.78 is 0. The van der Waals surface area contributed by atoms with Crippen molar-refractivity contribution >= 4 is 17.5 Å². The van der Waals surface area contributed by atoms with Crippen LogP contribution in [0.3, 0.4) is 0 Å². The molecule has 5 heteroatoms. The summed E-state index contributed by atoms with van der Waals surface area (Å²) in [7, 11) is 0. The van der Waals surface area contributed by atoms with Crippen LogP contribution in [0.15, 0.2) is 36.4 Å². The van der Waals surface area contributed by atoms with Gasteiger partial charge in [-0.3, -0.25) is 14.4 Å². The molecule has 110 valence electrons. The zero-order chi connectivity index (χ0) is 15.9. The summed E-state index contributed by atoms with van der Waals surface area (Å²) in [6.45, 7) is 0. The van der Waals surface area contributed by atoms with E-state index >= 15 is 0 Å². The third-order valence-corrected chi connectivity index (χ3v) is 3.76. The van der Waals surface area contributed by atoms with Gasteiger partial charge in [-0.05, 0) is 18.1 Å². The molecule has 2 aromatic carbocycles. The molecule has 5 nitrogen and oxygen atoms in total. The lowest BCUT2D eigenvalue weighted by molar-refractivity contribution is -0.136. The number of aliphatic carboxylic acids is 1. The molecule has 0 amide bonds. The Hall–Kier alpha value is -2.95. The molecule has 0 aromatic heterocycles. The van der Waals surface area contributed by atoms with E-state index in [1.165, 1.54) is 12.1 Å². The van der Waals surface area contributed by atoms with Crippen molar-refractivity contribution in [1.82, 2.24) is 0 Å². The summed E-state index contributed by atoms with van der Waals surface area (Å²) in [5.74, 6) is -2.03. The highest BCUT2D eigenvalue weighted by Gasteiger charge is 2.32. The fourth-order valence-electron chi connectivity index (χ4n) is 2.66. The minimum absolute atomic E-state index is 0.0356. The minimum Gasteiger partial charge on any atom is -0.507 e. The van der Waals surface area contributed by atoms with Crippen LogP contribution in [0.5, 0.6) is 5.75 Å². The number of carboxylic acids is 1. The van der Waals surface area contributed by atoms with Crippen LogP contribution in [0, 0.1) is 0 Å². The highest BCUT2D eigenvalue weighted by Crippen LogP contribution is 2.35. The fraction of sp³-hybridized carbons (Fsp3) is 0.118. The van der Waals surface area contributed by atoms with Gasteiger partial charge in [0, 0.05) is 23.1 Å². The van der Waals surface area contributed by atoms with E-state index in [0.717, 1.165) is 0 Å². The van der Waals surface area contributed by atoms with Gasteiger partial charge in [-0.15, -0.1) is 0 Å². The largest absolute Gasteiger partial charge is 0.507 e. The van der Waals surface area contributed by atoms with E-state index in [2.05, 4.69) is 0 Å². The SMILES string of the molecule is O=C(O)CCc1ccc2c(c1O)C(=O)c1ccccc1C2=O. The summed E-state index contributed by atoms with van der Waals surface area (Å²) >= 11 is 0. The van der Waals surface area contributed by atoms with Gasteiger partial charge < -0.3 is 10.2 Å². The van der Waals surface area contributed by atoms with Gasteiger partial charge in [0.1, 0.15) is 5.75 Å². The van der Waals surface area contributed by atoms with Crippen LogP contribution in [-0.2, 0) is 11.2 Å². The summed E-state index contributed by atoms with van der Waals surface area (Å²) in [4.78, 5) is 35.6. The highest BCUT2D eigenvalue weighted by atomic mass is 16.4. The summed E-state index contributed by atoms with van der Waals surface area (Å²) in [5, 5.41) is 19.0. The first-order chi connectivity index (χ1) is 10.5. The predicted molar refractivity (Wildman–Crippen MR) is 77.4 cm³/mol. The number of hydrogen-bond acceptors (Lipinski definition) is 4. The zero-order valence-electron chi connectivity index (χ0n) is 11.5. The predicted octanol–water partition coefficient (Wildman–Crippen LogP) is 2.18. The number of carbonyl (C=O) groups excluding carboxylic acids is 2. The van der Waals surface area contributed by atoms with Crippen molar-refractivity contribution in [3.05, 3.63) is 64.2 Å². The molecule has 22 heavy (non-hydrogen) atoms. The van der Waals surface area contributed by atoms with Crippen LogP contribution >= 0.6 is 0 Å². The first-order valence-corrected chi connectivity index (χ1v) is 6.75. The Balaban J connectivity index is 2.13. The number of aryl methyl sites for hydroxylation is 1. The molecule has 0 fully saturated rings. The number of ketones is 2. The molecular formula is C17H12O5. The van der Waals surface area contributed by atoms with Crippen LogP contribution in [0.25, 0.3) is 0 Å². The number of phenolic OH excluding ortho intramolecular Hbond substituents is 1. The van der Waals surface area contributed by atoms with Crippen molar-refractivity contribution in [2.45, 2.75) is 12.8 Å². The Kier molecular flexibility index (Phi) is 3.25. The third kappa shape index (κ3) is 2.07. The molecular weight excluding hydrogens is 284 g/mol. The van der Waals surface area contributed by atoms with Crippen molar-refractivity contribution in [3.63, 3.8) is 0 Å². The lowest BCUT2D eigenvalue weighted by atomic mass is 9.82. The average Bonchev–Trinajstić information content (AvgIpc) is 2.51. The third-order valence-electron chi connectivity index (χ3n) is 3.76. The standard InChI is InChI=1S/C17H12O5/c18-13(19)8-6-9-5-7-12-14(15(9)20)17(22)11-4-2-1-3-10(11)16(12)21/h1-5,7,20H,6,8H2,(H,18,19). The van der Waals surface area contributed by atoms with E-state index in [0.29, 0.717) is 11.1 Å². The average molecular weight is 296 g/mol. The molecule has 0 bridgehead atoms. The number of carbonyl (C=O) groups is 3. The second kappa shape index (κ2) is 5.11. The number of fused-ring (bicyclic) bond motifs is 2. The Morgan fingerprint density at radius 2 is 1.55 bits per heavy atom. The van der Waals surface area contributed by atoms with Crippen LogP contribution < -0.4 is 0 Å². The molecule has 0 unspecified atom stereocenters. The number of phenols is 1. The second-order valence-corrected chi connectivity index (χ2v) is 5.09. The van der Waals surface area contributed by atoms with Gasteiger partial charge in [-0.2, -0.15) is 0 Å². The van der Waals surface area contributed by atoms with Gasteiger partial charge >= 0.3 is 5.97 Å². The minimum atomic E-state index is -0.995. The number of carboxylic acid groups (broad SMARTS) is 1. The Bertz CT molecular complexity index is 820. The molecule has 0 spiro atoms. The number of benzene rings is 2. The molecule has 3 rings (SSSR count). The highest BCUT2D eigenvalue weighted by molar-refractivity contribution is 6.29. The maximum atomic E-state index is 12.5. The molecule has 1 aliphatic carbocycles. The van der Waals surface area contributed by atoms with Crippen molar-refractivity contribution in [3.8, 4) is 5.75 Å². The van der Waals surface area contributed by atoms with Gasteiger partial charge in [-0.1, -0.05) is 30.3 Å². The smallest absolute Gasteiger partial charge is 0.303 e. The first kappa shape index (κ1) is 14.0. The van der Waals surface area contributed by atoms with Crippen molar-refractivity contribution in [1.29, 1.82) is 0 Å². The molecule has 2 N–H and O–H groups in total. The molecule has 0 atom stereocenters. The van der Waals surface area contributed by atoms with Crippen LogP contribution in [0.4, 0.5) is 0 Å². The molecule has 1 aliphatic rings. The monoisotopic (exact) mass is 296 g/mol. The molecule has 0 radical (unpaired) electrons. The van der Waals surface area contributed by atoms with Crippen molar-refractivity contribution in [2.75, 3.05) is 0 Å². The van der Waals surface area contributed by atoms with E-state index in [9.17, 15) is 19.5 Å². The molecule has 0 saturated carbocycles. The summed E-state index contributed by atoms with van der Waals surface area (Å²) in [5.41, 5.74) is 1.04. The zero-order valence-corrected chi connectivity index (χ0v) is 11.5. The topological polar surface area (TPSA) is 91.7 Å². The normalized spacial score (nSPS) is 12.7. The Morgan fingerprint density at radius 3 is 2.18 bits per heavy atom. The lowest BCUT2D eigenvalue weighted by Crippen LogP contribution is -2.21. The van der Waals surface area contributed by atoms with Gasteiger partial charge in [0.2, 0.25) is 0 Å². The number of hydrogen-bond donors (Lipinski definition) is 2. The van der Waals surface area contributed by atoms with Gasteiger partial charge in [-0.25, -0.2) is 0 Å². The summed E-state index contributed by atoms with van der Waals surface area (Å²) in [6, 6.07) is 9.42. The van der Waals surface area contributed by atoms with Gasteiger partial charge in [0.05, 0.1) is 5.56 Å². The first-order valence-electron chi connectivity index (χ1n) is 6.75. The fourth-order valence-corrected chi connectivity index (χ4v) is 2.66. The lowest BCUT2D eigenvalue weighted by Gasteiger charge is -2.19. The van der Waals surface area contributed by atoms with Gasteiger partial charge in [0.25, 0.3) is 0 Å². The molecule has 0 heterocycles. The Morgan fingerprint density at radius 1 is 0.909 bits per heavy atom. The molecule has 0 saturated heterocycles. The molecule has 0 aliphatic heterocycles. The van der Waals surface area contributed by atoms with Crippen LogP contribution in [0.2, 0.25) is 0 Å². The summed E-state index contributed by atoms with van der Waals surface area (Å²) in [6.07, 6.45) is -0.0668. The van der Waals surface area contributed by atoms with Crippen LogP contribution in [-0.4, -0.2) is 27.7 Å². The maximum Gasteiger partial charge on any atom is 0.303 e.